The first kappa shape index (κ1) is 22.8. The fourth-order valence-corrected chi connectivity index (χ4v) is 4.63. The highest BCUT2D eigenvalue weighted by Crippen LogP contribution is 2.24. The maximum absolute atomic E-state index is 13.0. The Bertz CT molecular complexity index is 1200. The van der Waals surface area contributed by atoms with E-state index in [1.165, 1.54) is 12.1 Å². The van der Waals surface area contributed by atoms with Crippen molar-refractivity contribution < 1.29 is 22.4 Å². The molecule has 5 nitrogen and oxygen atoms in total. The first-order valence-electron chi connectivity index (χ1n) is 9.44. The highest BCUT2D eigenvalue weighted by atomic mass is 79.9. The molecule has 0 heterocycles. The molecule has 0 fully saturated rings. The minimum absolute atomic E-state index is 0.0120. The van der Waals surface area contributed by atoms with E-state index in [0.717, 1.165) is 12.1 Å². The number of rotatable bonds is 8. The Balaban J connectivity index is 1.66. The summed E-state index contributed by atoms with van der Waals surface area (Å²) in [5, 5.41) is 2.70. The standard InChI is InChI=1S/C23H19BrFNO4S/c24-17-8-13-21(20(15-17)23(28)16-5-2-1-3-6-16)26-22(27)7-4-14-31(29,30)19-11-9-18(25)10-12-19/h1-3,5-6,8-13,15H,4,7,14H2,(H,26,27). The van der Waals surface area contributed by atoms with E-state index in [0.29, 0.717) is 21.3 Å². The fourth-order valence-electron chi connectivity index (χ4n) is 2.95. The van der Waals surface area contributed by atoms with Crippen LogP contribution in [0.4, 0.5) is 10.1 Å². The van der Waals surface area contributed by atoms with Gasteiger partial charge in [-0.15, -0.1) is 0 Å². The molecule has 0 aliphatic heterocycles. The van der Waals surface area contributed by atoms with Crippen LogP contribution >= 0.6 is 15.9 Å². The number of hydrogen-bond donors (Lipinski definition) is 1. The van der Waals surface area contributed by atoms with Crippen LogP contribution in [0.3, 0.4) is 0 Å². The lowest BCUT2D eigenvalue weighted by molar-refractivity contribution is -0.116. The average molecular weight is 504 g/mol. The first-order chi connectivity index (χ1) is 14.8. The van der Waals surface area contributed by atoms with E-state index in [2.05, 4.69) is 21.2 Å². The van der Waals surface area contributed by atoms with Gasteiger partial charge in [0, 0.05) is 22.0 Å². The van der Waals surface area contributed by atoms with Gasteiger partial charge in [0.15, 0.2) is 15.6 Å². The number of ketones is 1. The molecule has 31 heavy (non-hydrogen) atoms. The van der Waals surface area contributed by atoms with E-state index in [4.69, 9.17) is 0 Å². The van der Waals surface area contributed by atoms with Crippen molar-refractivity contribution in [2.75, 3.05) is 11.1 Å². The van der Waals surface area contributed by atoms with Crippen LogP contribution in [0.5, 0.6) is 0 Å². The maximum atomic E-state index is 13.0. The van der Waals surface area contributed by atoms with Crippen LogP contribution in [-0.4, -0.2) is 25.9 Å². The summed E-state index contributed by atoms with van der Waals surface area (Å²) in [6.45, 7) is 0. The Morgan fingerprint density at radius 3 is 2.29 bits per heavy atom. The summed E-state index contributed by atoms with van der Waals surface area (Å²) in [4.78, 5) is 25.3. The zero-order valence-electron chi connectivity index (χ0n) is 16.3. The average Bonchev–Trinajstić information content (AvgIpc) is 2.75. The third kappa shape index (κ3) is 6.08. The molecule has 3 aromatic rings. The second kappa shape index (κ2) is 9.98. The summed E-state index contributed by atoms with van der Waals surface area (Å²) < 4.78 is 38.3. The van der Waals surface area contributed by atoms with Crippen molar-refractivity contribution in [3.8, 4) is 0 Å². The van der Waals surface area contributed by atoms with Crippen LogP contribution in [0.25, 0.3) is 0 Å². The topological polar surface area (TPSA) is 80.3 Å². The van der Waals surface area contributed by atoms with Gasteiger partial charge in [0.05, 0.1) is 16.3 Å². The maximum Gasteiger partial charge on any atom is 0.224 e. The van der Waals surface area contributed by atoms with Crippen LogP contribution in [0.15, 0.2) is 82.2 Å². The second-order valence-corrected chi connectivity index (χ2v) is 9.83. The van der Waals surface area contributed by atoms with Gasteiger partial charge < -0.3 is 5.32 Å². The molecule has 1 amide bonds. The Morgan fingerprint density at radius 2 is 1.61 bits per heavy atom. The number of hydrogen-bond acceptors (Lipinski definition) is 4. The number of carbonyl (C=O) groups is 2. The van der Waals surface area contributed by atoms with E-state index in [1.807, 2.05) is 0 Å². The van der Waals surface area contributed by atoms with Gasteiger partial charge in [-0.3, -0.25) is 9.59 Å². The van der Waals surface area contributed by atoms with E-state index < -0.39 is 21.6 Å². The van der Waals surface area contributed by atoms with Crippen molar-refractivity contribution in [1.82, 2.24) is 0 Å². The van der Waals surface area contributed by atoms with Crippen LogP contribution in [0, 0.1) is 5.82 Å². The Kier molecular flexibility index (Phi) is 7.35. The van der Waals surface area contributed by atoms with Crippen molar-refractivity contribution in [2.45, 2.75) is 17.7 Å². The minimum Gasteiger partial charge on any atom is -0.325 e. The molecule has 0 aromatic heterocycles. The van der Waals surface area contributed by atoms with E-state index in [1.54, 1.807) is 48.5 Å². The summed E-state index contributed by atoms with van der Waals surface area (Å²) in [5.41, 5.74) is 1.16. The lowest BCUT2D eigenvalue weighted by Crippen LogP contribution is -2.16. The predicted molar refractivity (Wildman–Crippen MR) is 120 cm³/mol. The van der Waals surface area contributed by atoms with Gasteiger partial charge in [-0.05, 0) is 48.9 Å². The lowest BCUT2D eigenvalue weighted by atomic mass is 10.0. The van der Waals surface area contributed by atoms with Crippen LogP contribution < -0.4 is 5.32 Å². The molecule has 0 saturated carbocycles. The SMILES string of the molecule is O=C(CCCS(=O)(=O)c1ccc(F)cc1)Nc1ccc(Br)cc1C(=O)c1ccccc1. The molecule has 3 rings (SSSR count). The molecule has 0 spiro atoms. The van der Waals surface area contributed by atoms with Crippen LogP contribution in [0.1, 0.15) is 28.8 Å². The van der Waals surface area contributed by atoms with Crippen molar-refractivity contribution in [3.05, 3.63) is 94.2 Å². The number of amides is 1. The van der Waals surface area contributed by atoms with Gasteiger partial charge in [0.1, 0.15) is 5.82 Å². The third-order valence-electron chi connectivity index (χ3n) is 4.53. The molecule has 3 aromatic carbocycles. The van der Waals surface area contributed by atoms with Crippen LogP contribution in [0.2, 0.25) is 0 Å². The Hall–Kier alpha value is -2.84. The monoisotopic (exact) mass is 503 g/mol. The smallest absolute Gasteiger partial charge is 0.224 e. The summed E-state index contributed by atoms with van der Waals surface area (Å²) in [6, 6.07) is 18.2. The zero-order chi connectivity index (χ0) is 22.4. The van der Waals surface area contributed by atoms with E-state index in [-0.39, 0.29) is 29.3 Å². The summed E-state index contributed by atoms with van der Waals surface area (Å²) >= 11 is 3.34. The second-order valence-electron chi connectivity index (χ2n) is 6.81. The summed E-state index contributed by atoms with van der Waals surface area (Å²) in [5.74, 6) is -1.41. The van der Waals surface area contributed by atoms with Crippen molar-refractivity contribution in [1.29, 1.82) is 0 Å². The highest BCUT2D eigenvalue weighted by Gasteiger charge is 2.18. The largest absolute Gasteiger partial charge is 0.325 e. The summed E-state index contributed by atoms with van der Waals surface area (Å²) in [7, 11) is -3.62. The number of anilines is 1. The van der Waals surface area contributed by atoms with Gasteiger partial charge in [-0.2, -0.15) is 0 Å². The van der Waals surface area contributed by atoms with Crippen molar-refractivity contribution in [2.24, 2.45) is 0 Å². The number of carbonyl (C=O) groups excluding carboxylic acids is 2. The van der Waals surface area contributed by atoms with E-state index in [9.17, 15) is 22.4 Å². The number of benzene rings is 3. The molecule has 0 bridgehead atoms. The third-order valence-corrected chi connectivity index (χ3v) is 6.84. The first-order valence-corrected chi connectivity index (χ1v) is 11.9. The molecular weight excluding hydrogens is 485 g/mol. The molecular formula is C23H19BrFNO4S. The highest BCUT2D eigenvalue weighted by molar-refractivity contribution is 9.10. The molecule has 0 saturated heterocycles. The molecule has 0 aliphatic rings. The number of nitrogens with one attached hydrogen (secondary N) is 1. The predicted octanol–water partition coefficient (Wildman–Crippen LogP) is 5.01. The van der Waals surface area contributed by atoms with Gasteiger partial charge in [-0.25, -0.2) is 12.8 Å². The fraction of sp³-hybridized carbons (Fsp3) is 0.130. The number of sulfone groups is 1. The Morgan fingerprint density at radius 1 is 0.935 bits per heavy atom. The summed E-state index contributed by atoms with van der Waals surface area (Å²) in [6.07, 6.45) is 0.0412. The molecule has 0 radical (unpaired) electrons. The molecule has 0 unspecified atom stereocenters. The van der Waals surface area contributed by atoms with Crippen molar-refractivity contribution >= 4 is 43.1 Å². The molecule has 0 aliphatic carbocycles. The van der Waals surface area contributed by atoms with Gasteiger partial charge in [0.25, 0.3) is 0 Å². The number of halogens is 2. The van der Waals surface area contributed by atoms with Gasteiger partial charge >= 0.3 is 0 Å². The normalized spacial score (nSPS) is 11.2. The molecule has 8 heteroatoms. The molecule has 0 atom stereocenters. The van der Waals surface area contributed by atoms with Crippen LogP contribution in [-0.2, 0) is 14.6 Å². The van der Waals surface area contributed by atoms with E-state index >= 15 is 0 Å². The quantitative estimate of drug-likeness (QED) is 0.346. The molecule has 160 valence electrons. The molecule has 1 N–H and O–H groups in total. The lowest BCUT2D eigenvalue weighted by Gasteiger charge is -2.11. The zero-order valence-corrected chi connectivity index (χ0v) is 18.7. The van der Waals surface area contributed by atoms with Gasteiger partial charge in [-0.1, -0.05) is 46.3 Å². The van der Waals surface area contributed by atoms with Crippen molar-refractivity contribution in [3.63, 3.8) is 0 Å². The Labute approximate surface area is 188 Å². The van der Waals surface area contributed by atoms with Gasteiger partial charge in [0.2, 0.25) is 5.91 Å². The minimum atomic E-state index is -3.62.